The third-order valence-electron chi connectivity index (χ3n) is 2.58. The van der Waals surface area contributed by atoms with E-state index in [2.05, 4.69) is 25.1 Å². The molecule has 0 aliphatic heterocycles. The van der Waals surface area contributed by atoms with Crippen molar-refractivity contribution in [2.45, 2.75) is 33.1 Å². The quantitative estimate of drug-likeness (QED) is 0.749. The molecule has 0 N–H and O–H groups in total. The molecule has 0 radical (unpaired) electrons. The van der Waals surface area contributed by atoms with Gasteiger partial charge >= 0.3 is 0 Å². The van der Waals surface area contributed by atoms with E-state index < -0.39 is 0 Å². The fourth-order valence-electron chi connectivity index (χ4n) is 1.72. The molecule has 1 aromatic carbocycles. The van der Waals surface area contributed by atoms with E-state index in [0.717, 1.165) is 24.0 Å². The molecule has 0 saturated carbocycles. The Morgan fingerprint density at radius 1 is 1.00 bits per heavy atom. The van der Waals surface area contributed by atoms with E-state index in [4.69, 9.17) is 10.5 Å². The number of hydrogen-bond donors (Lipinski definition) is 0. The van der Waals surface area contributed by atoms with Gasteiger partial charge in [-0.3, -0.25) is 0 Å². The summed E-state index contributed by atoms with van der Waals surface area (Å²) >= 11 is 0. The van der Waals surface area contributed by atoms with E-state index in [0.29, 0.717) is 12.0 Å². The van der Waals surface area contributed by atoms with Crippen LogP contribution in [0.5, 0.6) is 0 Å². The number of aryl methyl sites for hydroxylation is 2. The Labute approximate surface area is 90.8 Å². The highest BCUT2D eigenvalue weighted by atomic mass is 14.3. The minimum Gasteiger partial charge on any atom is -0.198 e. The van der Waals surface area contributed by atoms with Gasteiger partial charge in [-0.05, 0) is 35.6 Å². The Balaban J connectivity index is 3.30. The molecule has 0 amide bonds. The van der Waals surface area contributed by atoms with Crippen LogP contribution in [0.15, 0.2) is 12.1 Å². The van der Waals surface area contributed by atoms with E-state index in [-0.39, 0.29) is 0 Å². The first-order valence-corrected chi connectivity index (χ1v) is 5.18. The fourth-order valence-corrected chi connectivity index (χ4v) is 1.72. The highest BCUT2D eigenvalue weighted by Crippen LogP contribution is 2.18. The first kappa shape index (κ1) is 11.3. The molecule has 0 heterocycles. The van der Waals surface area contributed by atoms with Gasteiger partial charge in [-0.2, -0.15) is 10.5 Å². The molecule has 1 rings (SSSR count). The van der Waals surface area contributed by atoms with Gasteiger partial charge in [0.15, 0.2) is 0 Å². The van der Waals surface area contributed by atoms with E-state index in [9.17, 15) is 0 Å². The van der Waals surface area contributed by atoms with Crippen LogP contribution in [0.1, 0.15) is 36.1 Å². The summed E-state index contributed by atoms with van der Waals surface area (Å²) in [6.07, 6.45) is 2.17. The van der Waals surface area contributed by atoms with Crippen molar-refractivity contribution in [3.63, 3.8) is 0 Å². The molecule has 0 bridgehead atoms. The fraction of sp³-hybridized carbons (Fsp3) is 0.385. The number of hydrogen-bond acceptors (Lipinski definition) is 2. The van der Waals surface area contributed by atoms with Crippen molar-refractivity contribution in [2.24, 2.45) is 0 Å². The monoisotopic (exact) mass is 198 g/mol. The molecule has 2 nitrogen and oxygen atoms in total. The van der Waals surface area contributed by atoms with Gasteiger partial charge in [0.1, 0.15) is 0 Å². The summed E-state index contributed by atoms with van der Waals surface area (Å²) < 4.78 is 0. The van der Waals surface area contributed by atoms with Crippen LogP contribution in [0.2, 0.25) is 0 Å². The molecular formula is C13H14N2. The van der Waals surface area contributed by atoms with Crippen molar-refractivity contribution in [1.82, 2.24) is 0 Å². The average molecular weight is 198 g/mol. The molecule has 76 valence electrons. The molecule has 1 aromatic rings. The molecule has 0 fully saturated rings. The lowest BCUT2D eigenvalue weighted by Crippen LogP contribution is -1.97. The molecule has 2 heteroatoms. The molecule has 0 atom stereocenters. The van der Waals surface area contributed by atoms with E-state index in [1.807, 2.05) is 13.0 Å². The zero-order chi connectivity index (χ0) is 11.3. The summed E-state index contributed by atoms with van der Waals surface area (Å²) in [6, 6.07) is 8.25. The van der Waals surface area contributed by atoms with Crippen molar-refractivity contribution in [1.29, 1.82) is 10.5 Å². The predicted octanol–water partition coefficient (Wildman–Crippen LogP) is 2.75. The Morgan fingerprint density at radius 2 is 1.67 bits per heavy atom. The minimum atomic E-state index is 0.391. The number of rotatable bonds is 3. The Kier molecular flexibility index (Phi) is 3.89. The van der Waals surface area contributed by atoms with Gasteiger partial charge in [0.2, 0.25) is 0 Å². The highest BCUT2D eigenvalue weighted by Gasteiger charge is 2.07. The van der Waals surface area contributed by atoms with Crippen LogP contribution in [0, 0.1) is 22.7 Å². The standard InChI is InChI=1S/C13H14N2/c1-3-10-7-11(4-2)13(9-15)8-12(10)5-6-14/h7-8H,3-5H2,1-2H3. The SMILES string of the molecule is CCc1cc(CC)c(CC#N)cc1C#N. The topological polar surface area (TPSA) is 47.6 Å². The van der Waals surface area contributed by atoms with Gasteiger partial charge < -0.3 is 0 Å². The number of nitrogens with zero attached hydrogens (tertiary/aromatic N) is 2. The Hall–Kier alpha value is -1.80. The first-order valence-electron chi connectivity index (χ1n) is 5.18. The second-order valence-corrected chi connectivity index (χ2v) is 3.43. The van der Waals surface area contributed by atoms with Crippen molar-refractivity contribution in [3.05, 3.63) is 34.4 Å². The summed E-state index contributed by atoms with van der Waals surface area (Å²) in [5.74, 6) is 0. The van der Waals surface area contributed by atoms with Gasteiger partial charge in [0.05, 0.1) is 24.1 Å². The Morgan fingerprint density at radius 3 is 2.13 bits per heavy atom. The molecule has 0 aliphatic carbocycles. The maximum Gasteiger partial charge on any atom is 0.0994 e. The van der Waals surface area contributed by atoms with Crippen LogP contribution in [0.3, 0.4) is 0 Å². The summed E-state index contributed by atoms with van der Waals surface area (Å²) in [5.41, 5.74) is 3.97. The molecule has 0 aliphatic rings. The lowest BCUT2D eigenvalue weighted by atomic mass is 9.95. The van der Waals surface area contributed by atoms with Crippen LogP contribution in [-0.2, 0) is 19.3 Å². The van der Waals surface area contributed by atoms with E-state index >= 15 is 0 Å². The molecule has 0 aromatic heterocycles. The van der Waals surface area contributed by atoms with Crippen molar-refractivity contribution in [3.8, 4) is 12.1 Å². The highest BCUT2D eigenvalue weighted by molar-refractivity contribution is 5.45. The van der Waals surface area contributed by atoms with Crippen LogP contribution in [0.25, 0.3) is 0 Å². The zero-order valence-electron chi connectivity index (χ0n) is 9.17. The van der Waals surface area contributed by atoms with Crippen molar-refractivity contribution in [2.75, 3.05) is 0 Å². The van der Waals surface area contributed by atoms with Gasteiger partial charge in [0.25, 0.3) is 0 Å². The molecular weight excluding hydrogens is 184 g/mol. The van der Waals surface area contributed by atoms with Crippen molar-refractivity contribution >= 4 is 0 Å². The second-order valence-electron chi connectivity index (χ2n) is 3.43. The van der Waals surface area contributed by atoms with Gasteiger partial charge in [-0.1, -0.05) is 19.9 Å². The summed E-state index contributed by atoms with van der Waals surface area (Å²) in [4.78, 5) is 0. The summed E-state index contributed by atoms with van der Waals surface area (Å²) in [6.45, 7) is 4.11. The molecule has 0 saturated heterocycles. The molecule has 0 spiro atoms. The lowest BCUT2D eigenvalue weighted by molar-refractivity contribution is 1.04. The smallest absolute Gasteiger partial charge is 0.0994 e. The van der Waals surface area contributed by atoms with Crippen LogP contribution in [0.4, 0.5) is 0 Å². The molecule has 15 heavy (non-hydrogen) atoms. The number of nitriles is 2. The van der Waals surface area contributed by atoms with E-state index in [1.54, 1.807) is 0 Å². The van der Waals surface area contributed by atoms with Crippen molar-refractivity contribution < 1.29 is 0 Å². The van der Waals surface area contributed by atoms with Gasteiger partial charge in [-0.25, -0.2) is 0 Å². The first-order chi connectivity index (χ1) is 7.26. The predicted molar refractivity (Wildman–Crippen MR) is 59.2 cm³/mol. The Bertz CT molecular complexity index is 433. The summed E-state index contributed by atoms with van der Waals surface area (Å²) in [5, 5.41) is 17.7. The number of benzene rings is 1. The van der Waals surface area contributed by atoms with E-state index in [1.165, 1.54) is 5.56 Å². The minimum absolute atomic E-state index is 0.391. The lowest BCUT2D eigenvalue weighted by Gasteiger charge is -2.09. The van der Waals surface area contributed by atoms with Crippen LogP contribution < -0.4 is 0 Å². The van der Waals surface area contributed by atoms with Gasteiger partial charge in [-0.15, -0.1) is 0 Å². The molecule has 0 unspecified atom stereocenters. The summed E-state index contributed by atoms with van der Waals surface area (Å²) in [7, 11) is 0. The zero-order valence-corrected chi connectivity index (χ0v) is 9.17. The average Bonchev–Trinajstić information content (AvgIpc) is 2.28. The largest absolute Gasteiger partial charge is 0.198 e. The third kappa shape index (κ3) is 2.36. The second kappa shape index (κ2) is 5.17. The maximum absolute atomic E-state index is 8.97. The van der Waals surface area contributed by atoms with Gasteiger partial charge in [0, 0.05) is 0 Å². The van der Waals surface area contributed by atoms with Crippen LogP contribution >= 0.6 is 0 Å². The third-order valence-corrected chi connectivity index (χ3v) is 2.58. The maximum atomic E-state index is 8.97. The van der Waals surface area contributed by atoms with Crippen LogP contribution in [-0.4, -0.2) is 0 Å². The normalized spacial score (nSPS) is 9.33.